The summed E-state index contributed by atoms with van der Waals surface area (Å²) in [5.74, 6) is -0.678. The number of pyridine rings is 1. The molecule has 0 radical (unpaired) electrons. The summed E-state index contributed by atoms with van der Waals surface area (Å²) in [6.07, 6.45) is -3.51. The van der Waals surface area contributed by atoms with E-state index >= 15 is 0 Å². The molecule has 23 heavy (non-hydrogen) atoms. The van der Waals surface area contributed by atoms with E-state index in [0.717, 1.165) is 10.6 Å². The largest absolute Gasteiger partial charge is 0.508 e. The SMILES string of the molecule is CC(C)(C)C(=O)OC[C@@H]1O[C@@H](n2ccc(O)cc2=O)[C@@H](O)[C@H]1O. The van der Waals surface area contributed by atoms with Crippen LogP contribution in [0.4, 0.5) is 0 Å². The van der Waals surface area contributed by atoms with Crippen molar-refractivity contribution in [1.29, 1.82) is 0 Å². The number of aliphatic hydroxyl groups excluding tert-OH is 2. The number of aromatic hydroxyl groups is 1. The summed E-state index contributed by atoms with van der Waals surface area (Å²) in [7, 11) is 0. The number of hydrogen-bond donors (Lipinski definition) is 3. The minimum atomic E-state index is -1.37. The van der Waals surface area contributed by atoms with Crippen molar-refractivity contribution in [2.45, 2.75) is 45.3 Å². The summed E-state index contributed by atoms with van der Waals surface area (Å²) in [4.78, 5) is 23.6. The molecule has 8 heteroatoms. The van der Waals surface area contributed by atoms with Crippen molar-refractivity contribution < 1.29 is 29.6 Å². The fourth-order valence-corrected chi connectivity index (χ4v) is 2.16. The lowest BCUT2D eigenvalue weighted by atomic mass is 9.97. The van der Waals surface area contributed by atoms with Gasteiger partial charge in [-0.2, -0.15) is 0 Å². The van der Waals surface area contributed by atoms with E-state index in [9.17, 15) is 24.9 Å². The molecule has 4 atom stereocenters. The Balaban J connectivity index is 2.09. The fourth-order valence-electron chi connectivity index (χ4n) is 2.16. The van der Waals surface area contributed by atoms with Gasteiger partial charge in [0.1, 0.15) is 30.7 Å². The standard InChI is InChI=1S/C15H21NO7/c1-15(2,3)14(21)22-7-9-11(19)12(20)13(23-9)16-5-4-8(17)6-10(16)18/h4-6,9,11-13,17,19-20H,7H2,1-3H3/t9-,11-,12-,13+/m0/s1. The first-order valence-corrected chi connectivity index (χ1v) is 7.21. The Morgan fingerprint density at radius 1 is 1.35 bits per heavy atom. The molecular weight excluding hydrogens is 306 g/mol. The summed E-state index contributed by atoms with van der Waals surface area (Å²) < 4.78 is 11.6. The predicted octanol–water partition coefficient (Wildman–Crippen LogP) is -0.238. The summed E-state index contributed by atoms with van der Waals surface area (Å²) in [5.41, 5.74) is -1.29. The van der Waals surface area contributed by atoms with Crippen LogP contribution in [0.25, 0.3) is 0 Å². The molecule has 1 aromatic rings. The van der Waals surface area contributed by atoms with Gasteiger partial charge in [-0.3, -0.25) is 14.2 Å². The van der Waals surface area contributed by atoms with Crippen molar-refractivity contribution in [2.75, 3.05) is 6.61 Å². The molecule has 0 amide bonds. The highest BCUT2D eigenvalue weighted by Gasteiger charge is 2.44. The van der Waals surface area contributed by atoms with Gasteiger partial charge in [0.2, 0.25) is 0 Å². The van der Waals surface area contributed by atoms with Gasteiger partial charge in [0.05, 0.1) is 5.41 Å². The van der Waals surface area contributed by atoms with Gasteiger partial charge in [0.25, 0.3) is 5.56 Å². The first kappa shape index (κ1) is 17.5. The Labute approximate surface area is 132 Å². The van der Waals surface area contributed by atoms with Gasteiger partial charge in [0, 0.05) is 12.3 Å². The van der Waals surface area contributed by atoms with Gasteiger partial charge >= 0.3 is 5.97 Å². The topological polar surface area (TPSA) is 118 Å². The number of carbonyl (C=O) groups excluding carboxylic acids is 1. The smallest absolute Gasteiger partial charge is 0.311 e. The molecule has 1 aliphatic heterocycles. The zero-order valence-electron chi connectivity index (χ0n) is 13.2. The number of rotatable bonds is 3. The van der Waals surface area contributed by atoms with Crippen LogP contribution in [0.1, 0.15) is 27.0 Å². The average molecular weight is 327 g/mol. The highest BCUT2D eigenvalue weighted by atomic mass is 16.6. The summed E-state index contributed by atoms with van der Waals surface area (Å²) >= 11 is 0. The second-order valence-electron chi connectivity index (χ2n) is 6.53. The van der Waals surface area contributed by atoms with E-state index in [4.69, 9.17) is 9.47 Å². The molecule has 3 N–H and O–H groups in total. The maximum atomic E-state index is 11.8. The molecule has 2 heterocycles. The zero-order chi connectivity index (χ0) is 17.4. The van der Waals surface area contributed by atoms with Gasteiger partial charge < -0.3 is 24.8 Å². The number of aromatic nitrogens is 1. The molecule has 0 unspecified atom stereocenters. The quantitative estimate of drug-likeness (QED) is 0.656. The van der Waals surface area contributed by atoms with Gasteiger partial charge in [-0.05, 0) is 26.8 Å². The number of ether oxygens (including phenoxy) is 2. The Morgan fingerprint density at radius 3 is 2.57 bits per heavy atom. The van der Waals surface area contributed by atoms with Crippen molar-refractivity contribution in [3.05, 3.63) is 28.7 Å². The third kappa shape index (κ3) is 3.72. The number of carbonyl (C=O) groups is 1. The van der Waals surface area contributed by atoms with E-state index in [1.54, 1.807) is 20.8 Å². The molecule has 0 aliphatic carbocycles. The summed E-state index contributed by atoms with van der Waals surface area (Å²) in [6, 6.07) is 2.23. The molecule has 1 fully saturated rings. The molecule has 1 saturated heterocycles. The first-order valence-electron chi connectivity index (χ1n) is 7.21. The molecule has 1 aromatic heterocycles. The van der Waals surface area contributed by atoms with Crippen LogP contribution in [0.3, 0.4) is 0 Å². The molecule has 0 bridgehead atoms. The Bertz CT molecular complexity index is 633. The second kappa shape index (κ2) is 6.31. The Morgan fingerprint density at radius 2 is 2.00 bits per heavy atom. The number of esters is 1. The second-order valence-corrected chi connectivity index (χ2v) is 6.53. The third-order valence-electron chi connectivity index (χ3n) is 3.53. The van der Waals surface area contributed by atoms with E-state index in [1.807, 2.05) is 0 Å². The van der Waals surface area contributed by atoms with E-state index < -0.39 is 41.5 Å². The normalized spacial score (nSPS) is 27.9. The molecule has 0 spiro atoms. The van der Waals surface area contributed by atoms with Crippen molar-refractivity contribution in [3.8, 4) is 5.75 Å². The monoisotopic (exact) mass is 327 g/mol. The molecule has 128 valence electrons. The highest BCUT2D eigenvalue weighted by molar-refractivity contribution is 5.75. The van der Waals surface area contributed by atoms with Crippen LogP contribution in [0.2, 0.25) is 0 Å². The lowest BCUT2D eigenvalue weighted by molar-refractivity contribution is -0.159. The molecule has 1 aliphatic rings. The predicted molar refractivity (Wildman–Crippen MR) is 78.7 cm³/mol. The van der Waals surface area contributed by atoms with Crippen LogP contribution in [-0.4, -0.2) is 50.8 Å². The maximum Gasteiger partial charge on any atom is 0.311 e. The van der Waals surface area contributed by atoms with E-state index in [-0.39, 0.29) is 12.4 Å². The lowest BCUT2D eigenvalue weighted by Gasteiger charge is -2.20. The Kier molecular flexibility index (Phi) is 4.79. The molecule has 2 rings (SSSR count). The third-order valence-corrected chi connectivity index (χ3v) is 3.53. The summed E-state index contributed by atoms with van der Waals surface area (Å²) in [6.45, 7) is 4.83. The van der Waals surface area contributed by atoms with Gasteiger partial charge in [-0.25, -0.2) is 0 Å². The molecule has 0 aromatic carbocycles. The van der Waals surface area contributed by atoms with Crippen molar-refractivity contribution in [1.82, 2.24) is 4.57 Å². The fraction of sp³-hybridized carbons (Fsp3) is 0.600. The lowest BCUT2D eigenvalue weighted by Crippen LogP contribution is -2.36. The van der Waals surface area contributed by atoms with Gasteiger partial charge in [-0.1, -0.05) is 0 Å². The van der Waals surface area contributed by atoms with Crippen LogP contribution < -0.4 is 5.56 Å². The van der Waals surface area contributed by atoms with Crippen molar-refractivity contribution >= 4 is 5.97 Å². The molecule has 8 nitrogen and oxygen atoms in total. The highest BCUT2D eigenvalue weighted by Crippen LogP contribution is 2.29. The van der Waals surface area contributed by atoms with Crippen molar-refractivity contribution in [2.24, 2.45) is 5.41 Å². The van der Waals surface area contributed by atoms with Crippen molar-refractivity contribution in [3.63, 3.8) is 0 Å². The van der Waals surface area contributed by atoms with E-state index in [2.05, 4.69) is 0 Å². The minimum Gasteiger partial charge on any atom is -0.508 e. The van der Waals surface area contributed by atoms with E-state index in [1.165, 1.54) is 12.3 Å². The van der Waals surface area contributed by atoms with E-state index in [0.29, 0.717) is 0 Å². The van der Waals surface area contributed by atoms with Crippen LogP contribution in [0.5, 0.6) is 5.75 Å². The Hall–Kier alpha value is -1.90. The van der Waals surface area contributed by atoms with Crippen LogP contribution in [-0.2, 0) is 14.3 Å². The minimum absolute atomic E-state index is 0.213. The van der Waals surface area contributed by atoms with Gasteiger partial charge in [-0.15, -0.1) is 0 Å². The molecule has 0 saturated carbocycles. The zero-order valence-corrected chi connectivity index (χ0v) is 13.2. The maximum absolute atomic E-state index is 11.8. The number of hydrogen-bond acceptors (Lipinski definition) is 7. The molecular formula is C15H21NO7. The van der Waals surface area contributed by atoms with Gasteiger partial charge in [0.15, 0.2) is 6.23 Å². The average Bonchev–Trinajstić information content (AvgIpc) is 2.72. The number of aliphatic hydroxyl groups is 2. The first-order chi connectivity index (χ1) is 10.6. The summed E-state index contributed by atoms with van der Waals surface area (Å²) in [5, 5.41) is 29.3. The number of nitrogens with zero attached hydrogens (tertiary/aromatic N) is 1. The van der Waals surface area contributed by atoms with Crippen LogP contribution in [0.15, 0.2) is 23.1 Å². The van der Waals surface area contributed by atoms with Crippen LogP contribution in [0, 0.1) is 5.41 Å². The van der Waals surface area contributed by atoms with Crippen LogP contribution >= 0.6 is 0 Å².